The van der Waals surface area contributed by atoms with Crippen LogP contribution in [0.4, 0.5) is 0 Å². The van der Waals surface area contributed by atoms with Crippen LogP contribution in [-0.2, 0) is 6.42 Å². The van der Waals surface area contributed by atoms with Gasteiger partial charge in [0.05, 0.1) is 0 Å². The number of hydrogen-bond acceptors (Lipinski definition) is 2. The molecule has 0 aliphatic heterocycles. The number of aromatic nitrogens is 1. The van der Waals surface area contributed by atoms with Crippen LogP contribution >= 0.6 is 15.9 Å². The molecule has 3 rings (SSSR count). The molecule has 1 heterocycles. The van der Waals surface area contributed by atoms with Gasteiger partial charge in [0.1, 0.15) is 0 Å². The van der Waals surface area contributed by atoms with Gasteiger partial charge in [-0.15, -0.1) is 0 Å². The molecule has 2 fully saturated rings. The Bertz CT molecular complexity index is 445. The number of pyridine rings is 1. The van der Waals surface area contributed by atoms with Crippen molar-refractivity contribution in [2.24, 2.45) is 17.3 Å². The minimum absolute atomic E-state index is 0.471. The van der Waals surface area contributed by atoms with Crippen molar-refractivity contribution in [1.29, 1.82) is 0 Å². The van der Waals surface area contributed by atoms with Crippen molar-refractivity contribution in [2.45, 2.75) is 45.4 Å². The zero-order valence-corrected chi connectivity index (χ0v) is 14.0. The fraction of sp³-hybridized carbons (Fsp3) is 0.706. The normalized spacial score (nSPS) is 31.9. The summed E-state index contributed by atoms with van der Waals surface area (Å²) < 4.78 is 1.08. The predicted octanol–water partition coefficient (Wildman–Crippen LogP) is 4.19. The van der Waals surface area contributed by atoms with E-state index in [1.807, 2.05) is 6.20 Å². The van der Waals surface area contributed by atoms with Gasteiger partial charge in [-0.05, 0) is 84.0 Å². The SMILES string of the molecule is CCCNCC1(Cc2ccc(Br)cn2)CC2CCC1C2. The molecule has 1 aromatic heterocycles. The van der Waals surface area contributed by atoms with Gasteiger partial charge in [0.25, 0.3) is 0 Å². The number of nitrogens with zero attached hydrogens (tertiary/aromatic N) is 1. The molecule has 2 aliphatic rings. The molecular weight excluding hydrogens is 312 g/mol. The Balaban J connectivity index is 1.74. The molecule has 20 heavy (non-hydrogen) atoms. The average Bonchev–Trinajstić information content (AvgIpc) is 3.03. The maximum absolute atomic E-state index is 4.62. The molecule has 3 unspecified atom stereocenters. The summed E-state index contributed by atoms with van der Waals surface area (Å²) in [4.78, 5) is 4.62. The van der Waals surface area contributed by atoms with Gasteiger partial charge >= 0.3 is 0 Å². The number of rotatable bonds is 6. The number of hydrogen-bond donors (Lipinski definition) is 1. The average molecular weight is 337 g/mol. The van der Waals surface area contributed by atoms with Crippen molar-refractivity contribution in [3.63, 3.8) is 0 Å². The summed E-state index contributed by atoms with van der Waals surface area (Å²) in [5.74, 6) is 1.90. The van der Waals surface area contributed by atoms with E-state index in [4.69, 9.17) is 0 Å². The third kappa shape index (κ3) is 2.94. The van der Waals surface area contributed by atoms with E-state index in [-0.39, 0.29) is 0 Å². The quantitative estimate of drug-likeness (QED) is 0.787. The summed E-state index contributed by atoms with van der Waals surface area (Å²) >= 11 is 3.48. The van der Waals surface area contributed by atoms with Gasteiger partial charge in [0.15, 0.2) is 0 Å². The van der Waals surface area contributed by atoms with E-state index in [0.717, 1.165) is 29.3 Å². The van der Waals surface area contributed by atoms with Crippen LogP contribution in [0.2, 0.25) is 0 Å². The van der Waals surface area contributed by atoms with Gasteiger partial charge in [0, 0.05) is 22.9 Å². The van der Waals surface area contributed by atoms with Crippen LogP contribution < -0.4 is 5.32 Å². The highest BCUT2D eigenvalue weighted by Crippen LogP contribution is 2.56. The Hall–Kier alpha value is -0.410. The van der Waals surface area contributed by atoms with Crippen LogP contribution in [0.15, 0.2) is 22.8 Å². The van der Waals surface area contributed by atoms with Crippen molar-refractivity contribution < 1.29 is 0 Å². The summed E-state index contributed by atoms with van der Waals surface area (Å²) in [5, 5.41) is 3.70. The first kappa shape index (κ1) is 14.5. The molecule has 0 spiro atoms. The van der Waals surface area contributed by atoms with Crippen molar-refractivity contribution in [3.05, 3.63) is 28.5 Å². The van der Waals surface area contributed by atoms with Crippen LogP contribution in [-0.4, -0.2) is 18.1 Å². The zero-order valence-electron chi connectivity index (χ0n) is 12.4. The van der Waals surface area contributed by atoms with Crippen molar-refractivity contribution in [1.82, 2.24) is 10.3 Å². The highest BCUT2D eigenvalue weighted by atomic mass is 79.9. The minimum Gasteiger partial charge on any atom is -0.316 e. The fourth-order valence-electron chi connectivity index (χ4n) is 4.44. The second-order valence-electron chi connectivity index (χ2n) is 6.76. The third-order valence-corrected chi connectivity index (χ3v) is 5.80. The predicted molar refractivity (Wildman–Crippen MR) is 86.7 cm³/mol. The lowest BCUT2D eigenvalue weighted by Crippen LogP contribution is -2.41. The van der Waals surface area contributed by atoms with Crippen LogP contribution in [0.5, 0.6) is 0 Å². The molecule has 1 N–H and O–H groups in total. The molecule has 2 bridgehead atoms. The highest BCUT2D eigenvalue weighted by molar-refractivity contribution is 9.10. The van der Waals surface area contributed by atoms with E-state index in [9.17, 15) is 0 Å². The maximum Gasteiger partial charge on any atom is 0.0413 e. The van der Waals surface area contributed by atoms with Gasteiger partial charge < -0.3 is 5.32 Å². The number of halogens is 1. The second kappa shape index (κ2) is 6.15. The van der Waals surface area contributed by atoms with E-state index < -0.39 is 0 Å². The van der Waals surface area contributed by atoms with Gasteiger partial charge in [-0.1, -0.05) is 13.3 Å². The summed E-state index contributed by atoms with van der Waals surface area (Å²) in [7, 11) is 0. The molecule has 2 aliphatic carbocycles. The van der Waals surface area contributed by atoms with Crippen molar-refractivity contribution in [3.8, 4) is 0 Å². The molecule has 1 aromatic rings. The molecule has 0 radical (unpaired) electrons. The van der Waals surface area contributed by atoms with Gasteiger partial charge in [-0.25, -0.2) is 0 Å². The molecule has 3 atom stereocenters. The van der Waals surface area contributed by atoms with Gasteiger partial charge in [-0.3, -0.25) is 4.98 Å². The Labute approximate surface area is 130 Å². The van der Waals surface area contributed by atoms with Gasteiger partial charge in [-0.2, -0.15) is 0 Å². The summed E-state index contributed by atoms with van der Waals surface area (Å²) in [5.41, 5.74) is 1.73. The number of fused-ring (bicyclic) bond motifs is 2. The van der Waals surface area contributed by atoms with Crippen LogP contribution in [0.3, 0.4) is 0 Å². The second-order valence-corrected chi connectivity index (χ2v) is 7.68. The molecule has 2 saturated carbocycles. The molecule has 2 nitrogen and oxygen atoms in total. The molecule has 0 amide bonds. The summed E-state index contributed by atoms with van der Waals surface area (Å²) in [6.07, 6.45) is 10.1. The smallest absolute Gasteiger partial charge is 0.0413 e. The Morgan fingerprint density at radius 2 is 2.30 bits per heavy atom. The summed E-state index contributed by atoms with van der Waals surface area (Å²) in [6.45, 7) is 4.57. The molecular formula is C17H25BrN2. The first-order valence-corrected chi connectivity index (χ1v) is 8.82. The largest absolute Gasteiger partial charge is 0.316 e. The Morgan fingerprint density at radius 3 is 2.90 bits per heavy atom. The summed E-state index contributed by atoms with van der Waals surface area (Å²) in [6, 6.07) is 4.32. The van der Waals surface area contributed by atoms with E-state index in [1.165, 1.54) is 44.3 Å². The molecule has 0 saturated heterocycles. The minimum atomic E-state index is 0.471. The third-order valence-electron chi connectivity index (χ3n) is 5.33. The fourth-order valence-corrected chi connectivity index (χ4v) is 4.67. The number of nitrogens with one attached hydrogen (secondary N) is 1. The lowest BCUT2D eigenvalue weighted by molar-refractivity contribution is 0.155. The standard InChI is InChI=1S/C17H25BrN2/c1-2-7-19-12-17(9-13-3-4-14(17)8-13)10-16-6-5-15(18)11-20-16/h5-6,11,13-14,19H,2-4,7-10,12H2,1H3. The van der Waals surface area contributed by atoms with E-state index in [2.05, 4.69) is 45.3 Å². The van der Waals surface area contributed by atoms with Gasteiger partial charge in [0.2, 0.25) is 0 Å². The topological polar surface area (TPSA) is 24.9 Å². The zero-order chi connectivity index (χ0) is 14.0. The molecule has 0 aromatic carbocycles. The van der Waals surface area contributed by atoms with E-state index in [1.54, 1.807) is 0 Å². The van der Waals surface area contributed by atoms with Crippen LogP contribution in [0.1, 0.15) is 44.7 Å². The van der Waals surface area contributed by atoms with E-state index in [0.29, 0.717) is 5.41 Å². The monoisotopic (exact) mass is 336 g/mol. The highest BCUT2D eigenvalue weighted by Gasteiger charge is 2.50. The Morgan fingerprint density at radius 1 is 1.40 bits per heavy atom. The van der Waals surface area contributed by atoms with Crippen molar-refractivity contribution in [2.75, 3.05) is 13.1 Å². The molecule has 3 heteroatoms. The van der Waals surface area contributed by atoms with E-state index >= 15 is 0 Å². The van der Waals surface area contributed by atoms with Crippen molar-refractivity contribution >= 4 is 15.9 Å². The van der Waals surface area contributed by atoms with Crippen LogP contribution in [0, 0.1) is 17.3 Å². The Kier molecular flexibility index (Phi) is 4.46. The molecule has 110 valence electrons. The maximum atomic E-state index is 4.62. The first-order valence-electron chi connectivity index (χ1n) is 8.03. The van der Waals surface area contributed by atoms with Crippen LogP contribution in [0.25, 0.3) is 0 Å². The lowest BCUT2D eigenvalue weighted by atomic mass is 9.70. The lowest BCUT2D eigenvalue weighted by Gasteiger charge is -2.38. The first-order chi connectivity index (χ1) is 9.72.